The number of benzene rings is 1. The number of nitro benzene ring substituents is 1. The molecule has 0 aliphatic carbocycles. The quantitative estimate of drug-likeness (QED) is 0.643. The predicted octanol–water partition coefficient (Wildman–Crippen LogP) is 2.71. The van der Waals surface area contributed by atoms with Gasteiger partial charge in [0.15, 0.2) is 0 Å². The average Bonchev–Trinajstić information content (AvgIpc) is 2.33. The summed E-state index contributed by atoms with van der Waals surface area (Å²) < 4.78 is 15.5. The molecular weight excluding hydrogens is 319 g/mol. The summed E-state index contributed by atoms with van der Waals surface area (Å²) in [5, 5.41) is 10.5. The summed E-state index contributed by atoms with van der Waals surface area (Å²) >= 11 is 3.23. The molecule has 0 aliphatic rings. The molecule has 0 amide bonds. The lowest BCUT2D eigenvalue weighted by atomic mass is 10.2. The summed E-state index contributed by atoms with van der Waals surface area (Å²) in [7, 11) is 0. The minimum absolute atomic E-state index is 0.146. The van der Waals surface area contributed by atoms with Gasteiger partial charge in [0.1, 0.15) is 0 Å². The highest BCUT2D eigenvalue weighted by atomic mass is 79.9. The van der Waals surface area contributed by atoms with Crippen LogP contribution >= 0.6 is 15.9 Å². The van der Waals surface area contributed by atoms with Crippen LogP contribution in [0.4, 0.5) is 10.1 Å². The molecule has 2 aromatic rings. The minimum atomic E-state index is -0.912. The molecule has 0 unspecified atom stereocenters. The number of halogens is 2. The van der Waals surface area contributed by atoms with E-state index in [4.69, 9.17) is 0 Å². The van der Waals surface area contributed by atoms with E-state index in [-0.39, 0.29) is 12.1 Å². The third-order valence-corrected chi connectivity index (χ3v) is 2.98. The van der Waals surface area contributed by atoms with Crippen molar-refractivity contribution >= 4 is 21.6 Å². The number of hydrogen-bond acceptors (Lipinski definition) is 3. The van der Waals surface area contributed by atoms with E-state index >= 15 is 0 Å². The average molecular weight is 327 g/mol. The van der Waals surface area contributed by atoms with Crippen LogP contribution in [-0.2, 0) is 6.54 Å². The second-order valence-electron chi connectivity index (χ2n) is 3.86. The molecule has 0 aliphatic heterocycles. The molecule has 0 spiro atoms. The summed E-state index contributed by atoms with van der Waals surface area (Å²) in [6, 6.07) is 6.56. The highest BCUT2D eigenvalue weighted by Crippen LogP contribution is 2.18. The fraction of sp³-hybridized carbons (Fsp3) is 0.0833. The standard InChI is InChI=1S/C12H8BrFN2O3/c13-9-2-4-12(17)15(7-9)6-8-1-3-11(16(18)19)10(14)5-8/h1-5,7H,6H2. The zero-order valence-electron chi connectivity index (χ0n) is 9.55. The molecule has 2 rings (SSSR count). The molecule has 0 saturated carbocycles. The van der Waals surface area contributed by atoms with Crippen LogP contribution < -0.4 is 5.56 Å². The van der Waals surface area contributed by atoms with E-state index in [1.54, 1.807) is 12.3 Å². The Morgan fingerprint density at radius 2 is 2.05 bits per heavy atom. The molecule has 0 fully saturated rings. The predicted molar refractivity (Wildman–Crippen MR) is 70.6 cm³/mol. The van der Waals surface area contributed by atoms with Gasteiger partial charge in [0.05, 0.1) is 11.5 Å². The maximum Gasteiger partial charge on any atom is 0.304 e. The monoisotopic (exact) mass is 326 g/mol. The third-order valence-electron chi connectivity index (χ3n) is 2.51. The zero-order chi connectivity index (χ0) is 14.0. The van der Waals surface area contributed by atoms with Crippen LogP contribution in [0.2, 0.25) is 0 Å². The van der Waals surface area contributed by atoms with Crippen molar-refractivity contribution in [2.75, 3.05) is 0 Å². The van der Waals surface area contributed by atoms with E-state index in [0.29, 0.717) is 5.56 Å². The van der Waals surface area contributed by atoms with Gasteiger partial charge in [-0.15, -0.1) is 0 Å². The van der Waals surface area contributed by atoms with Crippen molar-refractivity contribution in [1.82, 2.24) is 4.57 Å². The fourth-order valence-corrected chi connectivity index (χ4v) is 2.00. The van der Waals surface area contributed by atoms with Gasteiger partial charge in [-0.2, -0.15) is 4.39 Å². The van der Waals surface area contributed by atoms with Crippen molar-refractivity contribution in [3.05, 3.63) is 72.9 Å². The summed E-state index contributed by atoms with van der Waals surface area (Å²) in [6.07, 6.45) is 1.57. The zero-order valence-corrected chi connectivity index (χ0v) is 11.1. The van der Waals surface area contributed by atoms with Crippen LogP contribution in [0.25, 0.3) is 0 Å². The maximum absolute atomic E-state index is 13.4. The highest BCUT2D eigenvalue weighted by Gasteiger charge is 2.13. The fourth-order valence-electron chi connectivity index (χ4n) is 1.62. The summed E-state index contributed by atoms with van der Waals surface area (Å²) in [5.74, 6) is -0.912. The largest absolute Gasteiger partial charge is 0.310 e. The van der Waals surface area contributed by atoms with Crippen LogP contribution in [-0.4, -0.2) is 9.49 Å². The highest BCUT2D eigenvalue weighted by molar-refractivity contribution is 9.10. The Hall–Kier alpha value is -2.02. The lowest BCUT2D eigenvalue weighted by Crippen LogP contribution is -2.18. The molecule has 0 N–H and O–H groups in total. The van der Waals surface area contributed by atoms with E-state index in [1.165, 1.54) is 16.7 Å². The van der Waals surface area contributed by atoms with E-state index in [1.807, 2.05) is 0 Å². The van der Waals surface area contributed by atoms with E-state index in [9.17, 15) is 19.3 Å². The van der Waals surface area contributed by atoms with Crippen LogP contribution in [0.3, 0.4) is 0 Å². The first-order valence-corrected chi connectivity index (χ1v) is 6.05. The first kappa shape index (κ1) is 13.4. The first-order valence-electron chi connectivity index (χ1n) is 5.26. The van der Waals surface area contributed by atoms with Gasteiger partial charge in [0.25, 0.3) is 5.56 Å². The van der Waals surface area contributed by atoms with Gasteiger partial charge < -0.3 is 4.57 Å². The number of hydrogen-bond donors (Lipinski definition) is 0. The van der Waals surface area contributed by atoms with Crippen molar-refractivity contribution in [1.29, 1.82) is 0 Å². The molecule has 5 nitrogen and oxygen atoms in total. The van der Waals surface area contributed by atoms with Crippen LogP contribution in [0.1, 0.15) is 5.56 Å². The number of aromatic nitrogens is 1. The Morgan fingerprint density at radius 3 is 2.68 bits per heavy atom. The van der Waals surface area contributed by atoms with Gasteiger partial charge in [-0.3, -0.25) is 14.9 Å². The van der Waals surface area contributed by atoms with Gasteiger partial charge in [0, 0.05) is 22.8 Å². The molecule has 0 saturated heterocycles. The van der Waals surface area contributed by atoms with Crippen molar-refractivity contribution in [2.45, 2.75) is 6.54 Å². The van der Waals surface area contributed by atoms with E-state index in [2.05, 4.69) is 15.9 Å². The summed E-state index contributed by atoms with van der Waals surface area (Å²) in [6.45, 7) is 0.146. The van der Waals surface area contributed by atoms with Crippen molar-refractivity contribution < 1.29 is 9.31 Å². The molecule has 1 aromatic carbocycles. The normalized spacial score (nSPS) is 10.4. The van der Waals surface area contributed by atoms with Crippen molar-refractivity contribution in [2.24, 2.45) is 0 Å². The molecule has 98 valence electrons. The Morgan fingerprint density at radius 1 is 1.32 bits per heavy atom. The minimum Gasteiger partial charge on any atom is -0.310 e. The third kappa shape index (κ3) is 3.05. The Bertz CT molecular complexity index is 700. The topological polar surface area (TPSA) is 65.1 Å². The lowest BCUT2D eigenvalue weighted by molar-refractivity contribution is -0.387. The number of rotatable bonds is 3. The Labute approximate surface area is 115 Å². The molecule has 0 atom stereocenters. The number of pyridine rings is 1. The Balaban J connectivity index is 2.34. The summed E-state index contributed by atoms with van der Waals surface area (Å²) in [5.41, 5.74) is -0.337. The second-order valence-corrected chi connectivity index (χ2v) is 4.77. The van der Waals surface area contributed by atoms with Gasteiger partial charge in [0.2, 0.25) is 5.82 Å². The second kappa shape index (κ2) is 5.31. The van der Waals surface area contributed by atoms with Crippen LogP contribution in [0, 0.1) is 15.9 Å². The summed E-state index contributed by atoms with van der Waals surface area (Å²) in [4.78, 5) is 21.3. The first-order chi connectivity index (χ1) is 8.97. The van der Waals surface area contributed by atoms with Gasteiger partial charge in [-0.05, 0) is 33.6 Å². The van der Waals surface area contributed by atoms with Crippen molar-refractivity contribution in [3.8, 4) is 0 Å². The molecule has 7 heteroatoms. The van der Waals surface area contributed by atoms with Crippen LogP contribution in [0.5, 0.6) is 0 Å². The SMILES string of the molecule is O=c1ccc(Br)cn1Cc1ccc([N+](=O)[O-])c(F)c1. The van der Waals surface area contributed by atoms with Gasteiger partial charge in [-0.1, -0.05) is 6.07 Å². The van der Waals surface area contributed by atoms with E-state index < -0.39 is 16.4 Å². The maximum atomic E-state index is 13.4. The number of nitrogens with zero attached hydrogens (tertiary/aromatic N) is 2. The number of nitro groups is 1. The molecule has 1 aromatic heterocycles. The smallest absolute Gasteiger partial charge is 0.304 e. The molecule has 0 bridgehead atoms. The van der Waals surface area contributed by atoms with Crippen LogP contribution in [0.15, 0.2) is 45.8 Å². The van der Waals surface area contributed by atoms with Gasteiger partial charge in [-0.25, -0.2) is 0 Å². The molecule has 1 heterocycles. The lowest BCUT2D eigenvalue weighted by Gasteiger charge is -2.06. The Kier molecular flexibility index (Phi) is 3.75. The molecular formula is C12H8BrFN2O3. The van der Waals surface area contributed by atoms with Crippen molar-refractivity contribution in [3.63, 3.8) is 0 Å². The van der Waals surface area contributed by atoms with E-state index in [0.717, 1.165) is 16.6 Å². The molecule has 0 radical (unpaired) electrons. The molecule has 19 heavy (non-hydrogen) atoms. The van der Waals surface area contributed by atoms with Gasteiger partial charge >= 0.3 is 5.69 Å².